The molecule has 1 aromatic carbocycles. The lowest BCUT2D eigenvalue weighted by molar-refractivity contribution is 0.101. The minimum Gasteiger partial charge on any atom is -0.325 e. The van der Waals surface area contributed by atoms with Gasteiger partial charge in [-0.1, -0.05) is 11.6 Å². The van der Waals surface area contributed by atoms with Crippen LogP contribution in [0.25, 0.3) is 22.6 Å². The number of benzene rings is 1. The van der Waals surface area contributed by atoms with Gasteiger partial charge in [-0.2, -0.15) is 4.98 Å². The molecule has 2 aliphatic heterocycles. The van der Waals surface area contributed by atoms with Crippen molar-refractivity contribution in [3.63, 3.8) is 0 Å². The summed E-state index contributed by atoms with van der Waals surface area (Å²) in [5.41, 5.74) is 0.00386. The lowest BCUT2D eigenvalue weighted by Gasteiger charge is -2.13. The molecule has 1 aromatic rings. The number of nitrogens with zero attached hydrogens (tertiary/aromatic N) is 3. The van der Waals surface area contributed by atoms with Crippen LogP contribution in [0.15, 0.2) is 21.7 Å². The molecule has 0 amide bonds. The van der Waals surface area contributed by atoms with Gasteiger partial charge in [0, 0.05) is 12.6 Å². The molecule has 0 aromatic heterocycles. The van der Waals surface area contributed by atoms with Crippen molar-refractivity contribution in [3.05, 3.63) is 43.6 Å². The minimum absolute atomic E-state index is 0.0382. The van der Waals surface area contributed by atoms with Crippen molar-refractivity contribution in [2.75, 3.05) is 0 Å². The Morgan fingerprint density at radius 2 is 2.00 bits per heavy atom. The summed E-state index contributed by atoms with van der Waals surface area (Å²) in [4.78, 5) is 44.7. The summed E-state index contributed by atoms with van der Waals surface area (Å²) in [5, 5.41) is 0.256. The fourth-order valence-electron chi connectivity index (χ4n) is 2.18. The number of aryl methyl sites for hydroxylation is 1. The Morgan fingerprint density at radius 1 is 1.29 bits per heavy atom. The van der Waals surface area contributed by atoms with E-state index in [4.69, 9.17) is 11.6 Å². The maximum absolute atomic E-state index is 11.8. The molecule has 1 N–H and O–H groups in total. The zero-order chi connectivity index (χ0) is 15.3. The Hall–Kier alpha value is -2.54. The molecule has 0 saturated carbocycles. The summed E-state index contributed by atoms with van der Waals surface area (Å²) in [6.45, 7) is 1.40. The van der Waals surface area contributed by atoms with Crippen LogP contribution in [0.2, 0.25) is 5.02 Å². The van der Waals surface area contributed by atoms with Crippen molar-refractivity contribution in [2.45, 2.75) is 6.92 Å². The van der Waals surface area contributed by atoms with Gasteiger partial charge in [-0.3, -0.25) is 14.6 Å². The van der Waals surface area contributed by atoms with Gasteiger partial charge in [0.2, 0.25) is 0 Å². The molecule has 2 aliphatic rings. The zero-order valence-electron chi connectivity index (χ0n) is 11.1. The first-order valence-electron chi connectivity index (χ1n) is 5.99. The van der Waals surface area contributed by atoms with Crippen molar-refractivity contribution < 1.29 is 4.79 Å². The molecule has 2 heterocycles. The Labute approximate surface area is 122 Å². The maximum atomic E-state index is 11.8. The molecule has 3 rings (SSSR count). The summed E-state index contributed by atoms with van der Waals surface area (Å²) in [5.74, 6) is -0.0431. The van der Waals surface area contributed by atoms with Crippen LogP contribution in [-0.4, -0.2) is 25.3 Å². The van der Waals surface area contributed by atoms with E-state index in [9.17, 15) is 14.4 Å². The number of halogens is 1. The van der Waals surface area contributed by atoms with E-state index in [0.29, 0.717) is 16.6 Å². The van der Waals surface area contributed by atoms with Gasteiger partial charge < -0.3 is 4.57 Å². The van der Waals surface area contributed by atoms with Crippen LogP contribution in [0.5, 0.6) is 0 Å². The highest BCUT2D eigenvalue weighted by molar-refractivity contribution is 6.34. The summed E-state index contributed by atoms with van der Waals surface area (Å²) >= 11 is 6.05. The number of rotatable bonds is 1. The lowest BCUT2D eigenvalue weighted by Crippen LogP contribution is -2.28. The van der Waals surface area contributed by atoms with Gasteiger partial charge in [0.05, 0.1) is 16.1 Å². The zero-order valence-corrected chi connectivity index (χ0v) is 11.9. The van der Waals surface area contributed by atoms with Crippen LogP contribution in [-0.2, 0) is 7.05 Å². The van der Waals surface area contributed by atoms with E-state index in [2.05, 4.69) is 15.0 Å². The molecule has 0 saturated heterocycles. The molecule has 7 nitrogen and oxygen atoms in total. The monoisotopic (exact) mass is 304 g/mol. The molecule has 0 fully saturated rings. The molecule has 106 valence electrons. The second-order valence-electron chi connectivity index (χ2n) is 4.59. The summed E-state index contributed by atoms with van der Waals surface area (Å²) in [7, 11) is 1.63. The van der Waals surface area contributed by atoms with Gasteiger partial charge in [-0.25, -0.2) is 9.78 Å². The normalized spacial score (nSPS) is 11.2. The number of fused-ring (bicyclic) bond motifs is 2. The first-order valence-corrected chi connectivity index (χ1v) is 6.37. The van der Waals surface area contributed by atoms with E-state index in [1.54, 1.807) is 13.1 Å². The number of ketones is 1. The standard InChI is InChI=1S/C13H9ClN4O3/c1-5(19)6-3-9-8(4-7(6)14)15-10-11(18(9)2)16-13(21)17-12(10)20/h3-4H,1-2H3,(H,17,20,21). The van der Waals surface area contributed by atoms with Crippen LogP contribution in [0, 0.1) is 0 Å². The van der Waals surface area contributed by atoms with Gasteiger partial charge in [0.25, 0.3) is 5.56 Å². The molecule has 0 atom stereocenters. The molecular weight excluding hydrogens is 296 g/mol. The molecule has 21 heavy (non-hydrogen) atoms. The van der Waals surface area contributed by atoms with Crippen molar-refractivity contribution in [1.82, 2.24) is 19.5 Å². The van der Waals surface area contributed by atoms with Gasteiger partial charge in [-0.15, -0.1) is 0 Å². The Bertz CT molecular complexity index is 989. The van der Waals surface area contributed by atoms with E-state index in [1.807, 2.05) is 0 Å². The SMILES string of the molecule is CC(=O)c1cc2c(cc1Cl)nc1c(=O)[nH]c(=O)nc-1n2C. The summed E-state index contributed by atoms with van der Waals surface area (Å²) < 4.78 is 1.54. The summed E-state index contributed by atoms with van der Waals surface area (Å²) in [6, 6.07) is 3.08. The molecule has 0 radical (unpaired) electrons. The minimum atomic E-state index is -0.745. The maximum Gasteiger partial charge on any atom is 0.349 e. The van der Waals surface area contributed by atoms with E-state index in [1.165, 1.54) is 17.6 Å². The second kappa shape index (κ2) is 4.49. The highest BCUT2D eigenvalue weighted by Crippen LogP contribution is 2.26. The van der Waals surface area contributed by atoms with Crippen LogP contribution in [0.1, 0.15) is 17.3 Å². The first-order chi connectivity index (χ1) is 9.88. The van der Waals surface area contributed by atoms with E-state index >= 15 is 0 Å². The number of hydrogen-bond donors (Lipinski definition) is 1. The highest BCUT2D eigenvalue weighted by Gasteiger charge is 2.18. The van der Waals surface area contributed by atoms with Crippen LogP contribution >= 0.6 is 11.6 Å². The number of Topliss-reactive ketones (excluding diaryl/α,β-unsaturated/α-hetero) is 1. The third-order valence-electron chi connectivity index (χ3n) is 3.21. The molecule has 0 bridgehead atoms. The lowest BCUT2D eigenvalue weighted by atomic mass is 10.1. The Kier molecular flexibility index (Phi) is 2.87. The third kappa shape index (κ3) is 2.02. The average Bonchev–Trinajstić information content (AvgIpc) is 2.39. The van der Waals surface area contributed by atoms with Crippen molar-refractivity contribution in [1.29, 1.82) is 0 Å². The molecule has 0 aliphatic carbocycles. The van der Waals surface area contributed by atoms with Crippen LogP contribution < -0.4 is 11.2 Å². The Morgan fingerprint density at radius 3 is 2.67 bits per heavy atom. The summed E-state index contributed by atoms with van der Waals surface area (Å²) in [6.07, 6.45) is 0. The number of carbonyl (C=O) groups excluding carboxylic acids is 1. The molecule has 0 unspecified atom stereocenters. The number of aromatic amines is 1. The number of carbonyl (C=O) groups is 1. The average molecular weight is 305 g/mol. The van der Waals surface area contributed by atoms with Crippen molar-refractivity contribution >= 4 is 28.4 Å². The Balaban J connectivity index is 2.55. The van der Waals surface area contributed by atoms with Crippen molar-refractivity contribution in [2.24, 2.45) is 7.05 Å². The van der Waals surface area contributed by atoms with E-state index in [-0.39, 0.29) is 22.3 Å². The van der Waals surface area contributed by atoms with Gasteiger partial charge in [0.15, 0.2) is 17.3 Å². The van der Waals surface area contributed by atoms with Crippen molar-refractivity contribution in [3.8, 4) is 11.5 Å². The second-order valence-corrected chi connectivity index (χ2v) is 5.00. The smallest absolute Gasteiger partial charge is 0.325 e. The van der Waals surface area contributed by atoms with Crippen LogP contribution in [0.3, 0.4) is 0 Å². The van der Waals surface area contributed by atoms with Gasteiger partial charge in [0.1, 0.15) is 0 Å². The quantitative estimate of drug-likeness (QED) is 0.534. The number of aromatic nitrogens is 4. The fraction of sp³-hybridized carbons (Fsp3) is 0.154. The highest BCUT2D eigenvalue weighted by atomic mass is 35.5. The molecule has 0 spiro atoms. The molecule has 8 heteroatoms. The predicted molar refractivity (Wildman–Crippen MR) is 77.0 cm³/mol. The first kappa shape index (κ1) is 13.4. The molecular formula is C13H9ClN4O3. The fourth-order valence-corrected chi connectivity index (χ4v) is 2.47. The number of nitrogens with one attached hydrogen (secondary N) is 1. The third-order valence-corrected chi connectivity index (χ3v) is 3.52. The number of hydrogen-bond acceptors (Lipinski definition) is 5. The van der Waals surface area contributed by atoms with Gasteiger partial charge >= 0.3 is 5.69 Å². The van der Waals surface area contributed by atoms with E-state index < -0.39 is 11.2 Å². The van der Waals surface area contributed by atoms with E-state index in [0.717, 1.165) is 0 Å². The van der Waals surface area contributed by atoms with Crippen LogP contribution in [0.4, 0.5) is 0 Å². The topological polar surface area (TPSA) is 97.7 Å². The largest absolute Gasteiger partial charge is 0.349 e. The number of H-pyrrole nitrogens is 1. The predicted octanol–water partition coefficient (Wildman–Crippen LogP) is 0.978. The van der Waals surface area contributed by atoms with Gasteiger partial charge in [-0.05, 0) is 19.1 Å².